The van der Waals surface area contributed by atoms with E-state index in [9.17, 15) is 10.5 Å². The highest BCUT2D eigenvalue weighted by molar-refractivity contribution is 7.26. The van der Waals surface area contributed by atoms with E-state index >= 15 is 0 Å². The molecule has 7 aromatic rings. The van der Waals surface area contributed by atoms with E-state index in [4.69, 9.17) is 0 Å². The Labute approximate surface area is 242 Å². The molecular formula is C38H22N2S. The zero-order valence-electron chi connectivity index (χ0n) is 22.0. The van der Waals surface area contributed by atoms with Crippen LogP contribution in [0.1, 0.15) is 11.1 Å². The van der Waals surface area contributed by atoms with Crippen LogP contribution < -0.4 is 0 Å². The van der Waals surface area contributed by atoms with Gasteiger partial charge in [0.25, 0.3) is 0 Å². The van der Waals surface area contributed by atoms with Crippen LogP contribution in [0.15, 0.2) is 133 Å². The molecule has 0 saturated carbocycles. The molecule has 3 heteroatoms. The third-order valence-electron chi connectivity index (χ3n) is 7.59. The Morgan fingerprint density at radius 2 is 0.927 bits per heavy atom. The number of nitriles is 2. The van der Waals surface area contributed by atoms with Gasteiger partial charge in [0.15, 0.2) is 0 Å². The second-order valence-corrected chi connectivity index (χ2v) is 10.9. The van der Waals surface area contributed by atoms with Crippen LogP contribution >= 0.6 is 11.3 Å². The van der Waals surface area contributed by atoms with Gasteiger partial charge in [-0.2, -0.15) is 10.5 Å². The number of hydrogen-bond acceptors (Lipinski definition) is 3. The lowest BCUT2D eigenvalue weighted by Gasteiger charge is -2.15. The van der Waals surface area contributed by atoms with E-state index in [2.05, 4.69) is 84.9 Å². The lowest BCUT2D eigenvalue weighted by Crippen LogP contribution is -1.92. The first kappa shape index (κ1) is 24.6. The number of thiophene rings is 1. The zero-order chi connectivity index (χ0) is 27.8. The van der Waals surface area contributed by atoms with Crippen LogP contribution in [0, 0.1) is 22.7 Å². The van der Waals surface area contributed by atoms with Crippen LogP contribution in [0.3, 0.4) is 0 Å². The summed E-state index contributed by atoms with van der Waals surface area (Å²) in [6.45, 7) is 0. The van der Waals surface area contributed by atoms with Crippen LogP contribution in [0.5, 0.6) is 0 Å². The van der Waals surface area contributed by atoms with Crippen molar-refractivity contribution in [2.75, 3.05) is 0 Å². The molecule has 0 radical (unpaired) electrons. The third-order valence-corrected chi connectivity index (χ3v) is 8.88. The summed E-state index contributed by atoms with van der Waals surface area (Å²) < 4.78 is 2.35. The van der Waals surface area contributed by atoms with Crippen molar-refractivity contribution in [3.63, 3.8) is 0 Å². The summed E-state index contributed by atoms with van der Waals surface area (Å²) in [7, 11) is 0. The summed E-state index contributed by atoms with van der Waals surface area (Å²) in [5, 5.41) is 22.5. The Balaban J connectivity index is 1.53. The van der Waals surface area contributed by atoms with Crippen molar-refractivity contribution in [2.24, 2.45) is 0 Å². The minimum atomic E-state index is 0.671. The van der Waals surface area contributed by atoms with Gasteiger partial charge in [0.2, 0.25) is 0 Å². The van der Waals surface area contributed by atoms with Gasteiger partial charge >= 0.3 is 0 Å². The topological polar surface area (TPSA) is 47.6 Å². The first-order valence-electron chi connectivity index (χ1n) is 13.4. The van der Waals surface area contributed by atoms with E-state index in [0.717, 1.165) is 49.2 Å². The van der Waals surface area contributed by atoms with E-state index < -0.39 is 0 Å². The summed E-state index contributed by atoms with van der Waals surface area (Å²) in [5.41, 5.74) is 9.43. The van der Waals surface area contributed by atoms with Crippen LogP contribution in [0.25, 0.3) is 64.7 Å². The molecule has 0 aliphatic rings. The lowest BCUT2D eigenvalue weighted by atomic mass is 9.88. The van der Waals surface area contributed by atoms with Crippen molar-refractivity contribution in [1.29, 1.82) is 10.5 Å². The molecule has 0 aliphatic heterocycles. The zero-order valence-corrected chi connectivity index (χ0v) is 22.8. The molecule has 0 N–H and O–H groups in total. The van der Waals surface area contributed by atoms with Crippen molar-refractivity contribution in [2.45, 2.75) is 0 Å². The van der Waals surface area contributed by atoms with Crippen molar-refractivity contribution >= 4 is 31.5 Å². The highest BCUT2D eigenvalue weighted by Gasteiger charge is 2.19. The standard InChI is InChI=1S/C38H22N2S/c39-23-27-15-7-8-16-29(27)31-18-10-20-33-32-19-9-17-30(37(32)41-38(31)33)28-21-34(25-11-3-1-4-12-25)36(24-40)35(22-28)26-13-5-2-6-14-26/h1-22H. The molecule has 0 amide bonds. The maximum Gasteiger partial charge on any atom is 0.100 e. The van der Waals surface area contributed by atoms with E-state index in [1.165, 1.54) is 15.5 Å². The molecule has 0 spiro atoms. The van der Waals surface area contributed by atoms with Gasteiger partial charge in [-0.15, -0.1) is 11.3 Å². The fourth-order valence-corrected chi connectivity index (χ4v) is 7.05. The quantitative estimate of drug-likeness (QED) is 0.224. The first-order chi connectivity index (χ1) is 20.3. The second kappa shape index (κ2) is 10.2. The summed E-state index contributed by atoms with van der Waals surface area (Å²) >= 11 is 1.76. The Morgan fingerprint density at radius 1 is 0.415 bits per heavy atom. The van der Waals surface area contributed by atoms with E-state index in [-0.39, 0.29) is 0 Å². The number of nitrogens with zero attached hydrogens (tertiary/aromatic N) is 2. The summed E-state index contributed by atoms with van der Waals surface area (Å²) in [4.78, 5) is 0. The molecule has 190 valence electrons. The Bertz CT molecular complexity index is 2100. The Hall–Kier alpha value is -5.48. The maximum atomic E-state index is 10.4. The molecule has 7 rings (SSSR count). The van der Waals surface area contributed by atoms with E-state index in [1.54, 1.807) is 11.3 Å². The van der Waals surface area contributed by atoms with Gasteiger partial charge in [0.05, 0.1) is 17.2 Å². The highest BCUT2D eigenvalue weighted by atomic mass is 32.1. The molecule has 0 bridgehead atoms. The molecular weight excluding hydrogens is 516 g/mol. The van der Waals surface area contributed by atoms with Crippen molar-refractivity contribution in [3.8, 4) is 56.6 Å². The van der Waals surface area contributed by atoms with Gasteiger partial charge in [-0.05, 0) is 40.5 Å². The van der Waals surface area contributed by atoms with Gasteiger partial charge in [0, 0.05) is 42.4 Å². The number of hydrogen-bond donors (Lipinski definition) is 0. The van der Waals surface area contributed by atoms with Crippen LogP contribution in [-0.2, 0) is 0 Å². The number of rotatable bonds is 4. The first-order valence-corrected chi connectivity index (χ1v) is 14.2. The molecule has 2 nitrogen and oxygen atoms in total. The summed E-state index contributed by atoms with van der Waals surface area (Å²) in [6, 6.07) is 50.1. The second-order valence-electron chi connectivity index (χ2n) is 9.91. The third kappa shape index (κ3) is 4.17. The van der Waals surface area contributed by atoms with Gasteiger partial charge < -0.3 is 0 Å². The molecule has 0 fully saturated rings. The van der Waals surface area contributed by atoms with E-state index in [1.807, 2.05) is 60.7 Å². The minimum Gasteiger partial charge on any atom is -0.192 e. The maximum absolute atomic E-state index is 10.4. The molecule has 0 atom stereocenters. The predicted octanol–water partition coefficient (Wildman–Crippen LogP) is 10.5. The average molecular weight is 539 g/mol. The largest absolute Gasteiger partial charge is 0.192 e. The average Bonchev–Trinajstić information content (AvgIpc) is 3.44. The van der Waals surface area contributed by atoms with E-state index in [0.29, 0.717) is 11.1 Å². The van der Waals surface area contributed by atoms with Gasteiger partial charge in [-0.25, -0.2) is 0 Å². The van der Waals surface area contributed by atoms with Crippen molar-refractivity contribution in [1.82, 2.24) is 0 Å². The molecule has 1 aromatic heterocycles. The molecule has 0 saturated heterocycles. The molecule has 6 aromatic carbocycles. The van der Waals surface area contributed by atoms with Gasteiger partial charge in [0.1, 0.15) is 6.07 Å². The molecule has 0 aliphatic carbocycles. The monoisotopic (exact) mass is 538 g/mol. The van der Waals surface area contributed by atoms with Crippen molar-refractivity contribution in [3.05, 3.63) is 145 Å². The highest BCUT2D eigenvalue weighted by Crippen LogP contribution is 2.46. The molecule has 0 unspecified atom stereocenters. The van der Waals surface area contributed by atoms with Gasteiger partial charge in [-0.1, -0.05) is 115 Å². The predicted molar refractivity (Wildman–Crippen MR) is 171 cm³/mol. The number of benzene rings is 6. The van der Waals surface area contributed by atoms with Crippen LogP contribution in [-0.4, -0.2) is 0 Å². The van der Waals surface area contributed by atoms with Gasteiger partial charge in [-0.3, -0.25) is 0 Å². The summed E-state index contributed by atoms with van der Waals surface area (Å²) in [6.07, 6.45) is 0. The Kier molecular flexibility index (Phi) is 6.14. The molecule has 1 heterocycles. The molecule has 41 heavy (non-hydrogen) atoms. The minimum absolute atomic E-state index is 0.671. The fourth-order valence-electron chi connectivity index (χ4n) is 5.68. The normalized spacial score (nSPS) is 10.9. The van der Waals surface area contributed by atoms with Crippen molar-refractivity contribution < 1.29 is 0 Å². The lowest BCUT2D eigenvalue weighted by molar-refractivity contribution is 1.47. The smallest absolute Gasteiger partial charge is 0.100 e. The fraction of sp³-hybridized carbons (Fsp3) is 0. The number of fused-ring (bicyclic) bond motifs is 3. The SMILES string of the molecule is N#Cc1ccccc1-c1cccc2c1sc1c(-c3cc(-c4ccccc4)c(C#N)c(-c4ccccc4)c3)cccc12. The summed E-state index contributed by atoms with van der Waals surface area (Å²) in [5.74, 6) is 0. The van der Waals surface area contributed by atoms with Crippen LogP contribution in [0.2, 0.25) is 0 Å². The Morgan fingerprint density at radius 3 is 1.51 bits per heavy atom. The van der Waals surface area contributed by atoms with Crippen LogP contribution in [0.4, 0.5) is 0 Å².